The Balaban J connectivity index is 2.92. The molecule has 0 aliphatic carbocycles. The molecule has 0 aliphatic heterocycles. The lowest BCUT2D eigenvalue weighted by Crippen LogP contribution is -1.95. The van der Waals surface area contributed by atoms with Gasteiger partial charge in [0.1, 0.15) is 15.2 Å². The van der Waals surface area contributed by atoms with Crippen molar-refractivity contribution < 1.29 is 0 Å². The zero-order chi connectivity index (χ0) is 8.72. The van der Waals surface area contributed by atoms with Crippen LogP contribution in [-0.4, -0.2) is 14.5 Å². The Labute approximate surface area is 84.0 Å². The van der Waals surface area contributed by atoms with Gasteiger partial charge in [0.05, 0.1) is 5.39 Å². The molecule has 0 aliphatic rings. The van der Waals surface area contributed by atoms with Crippen LogP contribution in [0, 0.1) is 10.6 Å². The molecule has 62 valence electrons. The molecule has 12 heavy (non-hydrogen) atoms. The van der Waals surface area contributed by atoms with Crippen LogP contribution in [-0.2, 0) is 7.05 Å². The topological polar surface area (TPSA) is 30.7 Å². The number of nitrogens with zero attached hydrogens (tertiary/aromatic N) is 3. The van der Waals surface area contributed by atoms with Gasteiger partial charge in [-0.2, -0.15) is 0 Å². The monoisotopic (exact) mass is 273 g/mol. The van der Waals surface area contributed by atoms with Crippen molar-refractivity contribution in [1.82, 2.24) is 14.5 Å². The van der Waals surface area contributed by atoms with Gasteiger partial charge in [-0.05, 0) is 35.6 Å². The summed E-state index contributed by atoms with van der Waals surface area (Å²) < 4.78 is 3.03. The van der Waals surface area contributed by atoms with E-state index in [0.29, 0.717) is 0 Å². The number of hydrogen-bond donors (Lipinski definition) is 0. The predicted molar refractivity (Wildman–Crippen MR) is 56.0 cm³/mol. The Bertz CT molecular complexity index is 433. The Morgan fingerprint density at radius 1 is 1.42 bits per heavy atom. The number of fused-ring (bicyclic) bond motifs is 1. The van der Waals surface area contributed by atoms with Crippen LogP contribution in [0.25, 0.3) is 11.0 Å². The summed E-state index contributed by atoms with van der Waals surface area (Å²) in [5.41, 5.74) is 1.01. The molecule has 0 bridgehead atoms. The summed E-state index contributed by atoms with van der Waals surface area (Å²) >= 11 is 2.23. The molecule has 0 saturated heterocycles. The van der Waals surface area contributed by atoms with E-state index in [4.69, 9.17) is 0 Å². The number of aryl methyl sites for hydroxylation is 2. The quantitative estimate of drug-likeness (QED) is 0.542. The molecule has 2 aromatic heterocycles. The molecule has 0 atom stereocenters. The van der Waals surface area contributed by atoms with Gasteiger partial charge >= 0.3 is 0 Å². The predicted octanol–water partition coefficient (Wildman–Crippen LogP) is 1.88. The maximum Gasteiger partial charge on any atom is 0.144 e. The molecule has 4 heteroatoms. The third kappa shape index (κ3) is 1.10. The van der Waals surface area contributed by atoms with E-state index in [1.54, 1.807) is 0 Å². The first-order valence-electron chi connectivity index (χ1n) is 3.63. The minimum Gasteiger partial charge on any atom is -0.335 e. The van der Waals surface area contributed by atoms with Gasteiger partial charge in [-0.3, -0.25) is 0 Å². The van der Waals surface area contributed by atoms with E-state index in [-0.39, 0.29) is 0 Å². The lowest BCUT2D eigenvalue weighted by molar-refractivity contribution is 0.929. The van der Waals surface area contributed by atoms with E-state index >= 15 is 0 Å². The average molecular weight is 273 g/mol. The highest BCUT2D eigenvalue weighted by molar-refractivity contribution is 14.1. The van der Waals surface area contributed by atoms with Crippen molar-refractivity contribution in [2.75, 3.05) is 0 Å². The average Bonchev–Trinajstić information content (AvgIpc) is 2.33. The van der Waals surface area contributed by atoms with Gasteiger partial charge in [0.2, 0.25) is 0 Å². The maximum atomic E-state index is 4.34. The Hall–Kier alpha value is -0.650. The van der Waals surface area contributed by atoms with Crippen LogP contribution in [0.3, 0.4) is 0 Å². The van der Waals surface area contributed by atoms with Crippen molar-refractivity contribution in [3.05, 3.63) is 21.8 Å². The minimum atomic E-state index is 0.828. The molecule has 0 aromatic carbocycles. The van der Waals surface area contributed by atoms with Crippen LogP contribution in [0.15, 0.2) is 12.3 Å². The summed E-state index contributed by atoms with van der Waals surface area (Å²) in [5.74, 6) is 0.828. The number of aromatic nitrogens is 3. The fraction of sp³-hybridized carbons (Fsp3) is 0.250. The normalized spacial score (nSPS) is 10.9. The summed E-state index contributed by atoms with van der Waals surface area (Å²) in [6.45, 7) is 1.91. The van der Waals surface area contributed by atoms with Crippen molar-refractivity contribution in [1.29, 1.82) is 0 Å². The molecule has 0 unspecified atom stereocenters. The van der Waals surface area contributed by atoms with Crippen molar-refractivity contribution in [3.63, 3.8) is 0 Å². The first kappa shape index (κ1) is 7.97. The summed E-state index contributed by atoms with van der Waals surface area (Å²) in [4.78, 5) is 8.62. The van der Waals surface area contributed by atoms with Crippen molar-refractivity contribution >= 4 is 33.6 Å². The zero-order valence-electron chi connectivity index (χ0n) is 6.87. The highest BCUT2D eigenvalue weighted by Crippen LogP contribution is 2.17. The van der Waals surface area contributed by atoms with Gasteiger partial charge in [-0.25, -0.2) is 9.97 Å². The lowest BCUT2D eigenvalue weighted by atomic mass is 10.4. The summed E-state index contributed by atoms with van der Waals surface area (Å²) in [7, 11) is 1.99. The summed E-state index contributed by atoms with van der Waals surface area (Å²) in [6.07, 6.45) is 2.00. The van der Waals surface area contributed by atoms with Crippen LogP contribution in [0.5, 0.6) is 0 Å². The Morgan fingerprint density at radius 3 is 2.92 bits per heavy atom. The summed E-state index contributed by atoms with van der Waals surface area (Å²) in [6, 6.07) is 2.04. The molecule has 0 radical (unpaired) electrons. The lowest BCUT2D eigenvalue weighted by Gasteiger charge is -1.98. The van der Waals surface area contributed by atoms with Gasteiger partial charge in [0, 0.05) is 13.2 Å². The molecule has 0 spiro atoms. The second-order valence-corrected chi connectivity index (χ2v) is 3.75. The van der Waals surface area contributed by atoms with E-state index in [0.717, 1.165) is 20.6 Å². The maximum absolute atomic E-state index is 4.34. The van der Waals surface area contributed by atoms with Gasteiger partial charge in [-0.15, -0.1) is 0 Å². The number of hydrogen-bond acceptors (Lipinski definition) is 2. The van der Waals surface area contributed by atoms with Gasteiger partial charge < -0.3 is 4.57 Å². The first-order valence-corrected chi connectivity index (χ1v) is 4.71. The largest absolute Gasteiger partial charge is 0.335 e. The molecule has 0 N–H and O–H groups in total. The molecule has 2 rings (SSSR count). The van der Waals surface area contributed by atoms with E-state index in [1.165, 1.54) is 0 Å². The fourth-order valence-electron chi connectivity index (χ4n) is 1.20. The molecular formula is C8H8IN3. The minimum absolute atomic E-state index is 0.828. The number of rotatable bonds is 0. The van der Waals surface area contributed by atoms with Gasteiger partial charge in [0.15, 0.2) is 0 Å². The molecule has 3 nitrogen and oxygen atoms in total. The third-order valence-corrected chi connectivity index (χ3v) is 2.61. The molecule has 0 fully saturated rings. The third-order valence-electron chi connectivity index (χ3n) is 1.79. The highest BCUT2D eigenvalue weighted by Gasteiger charge is 2.04. The SMILES string of the molecule is Cc1nc(I)c2ccn(C)c2n1. The molecule has 0 saturated carbocycles. The zero-order valence-corrected chi connectivity index (χ0v) is 9.03. The van der Waals surface area contributed by atoms with E-state index in [9.17, 15) is 0 Å². The Morgan fingerprint density at radius 2 is 2.17 bits per heavy atom. The van der Waals surface area contributed by atoms with Crippen molar-refractivity contribution in [2.24, 2.45) is 7.05 Å². The number of halogens is 1. The molecular weight excluding hydrogens is 265 g/mol. The molecule has 2 aromatic rings. The Kier molecular flexibility index (Phi) is 1.79. The van der Waals surface area contributed by atoms with E-state index in [2.05, 4.69) is 32.6 Å². The van der Waals surface area contributed by atoms with Gasteiger partial charge in [0.25, 0.3) is 0 Å². The highest BCUT2D eigenvalue weighted by atomic mass is 127. The molecule has 0 amide bonds. The van der Waals surface area contributed by atoms with E-state index in [1.807, 2.05) is 30.8 Å². The smallest absolute Gasteiger partial charge is 0.144 e. The van der Waals surface area contributed by atoms with Crippen LogP contribution >= 0.6 is 22.6 Å². The second kappa shape index (κ2) is 2.69. The standard InChI is InChI=1S/C8H8IN3/c1-5-10-7(9)6-3-4-12(2)8(6)11-5/h3-4H,1-2H3. The van der Waals surface area contributed by atoms with Gasteiger partial charge in [-0.1, -0.05) is 0 Å². The van der Waals surface area contributed by atoms with E-state index < -0.39 is 0 Å². The van der Waals surface area contributed by atoms with Crippen LogP contribution in [0.1, 0.15) is 5.82 Å². The second-order valence-electron chi connectivity index (χ2n) is 2.73. The first-order chi connectivity index (χ1) is 5.68. The van der Waals surface area contributed by atoms with Crippen LogP contribution in [0.4, 0.5) is 0 Å². The molecule has 2 heterocycles. The van der Waals surface area contributed by atoms with Crippen LogP contribution < -0.4 is 0 Å². The van der Waals surface area contributed by atoms with Crippen LogP contribution in [0.2, 0.25) is 0 Å². The van der Waals surface area contributed by atoms with Crippen molar-refractivity contribution in [2.45, 2.75) is 6.92 Å². The van der Waals surface area contributed by atoms with Crippen molar-refractivity contribution in [3.8, 4) is 0 Å². The fourth-order valence-corrected chi connectivity index (χ4v) is 1.97. The summed E-state index contributed by atoms with van der Waals surface area (Å²) in [5, 5.41) is 1.13.